The minimum Gasteiger partial charge on any atom is -0.469 e. The predicted molar refractivity (Wildman–Crippen MR) is 42.4 cm³/mol. The number of hydrogen-bond acceptors (Lipinski definition) is 3. The maximum absolute atomic E-state index is 11.0. The lowest BCUT2D eigenvalue weighted by Crippen LogP contribution is -2.19. The van der Waals surface area contributed by atoms with Gasteiger partial charge in [-0.05, 0) is 5.92 Å². The summed E-state index contributed by atoms with van der Waals surface area (Å²) in [5.41, 5.74) is 0. The number of likely N-dealkylation sites (tertiary alicyclic amines) is 1. The Bertz CT molecular complexity index is 202. The summed E-state index contributed by atoms with van der Waals surface area (Å²) in [5, 5.41) is 0. The summed E-state index contributed by atoms with van der Waals surface area (Å²) >= 11 is 0. The molecule has 68 valence electrons. The average Bonchev–Trinajstić information content (AvgIpc) is 2.31. The molecule has 0 aromatic rings. The molecule has 1 rings (SSSR count). The summed E-state index contributed by atoms with van der Waals surface area (Å²) in [6.07, 6.45) is 0.832. The van der Waals surface area contributed by atoms with E-state index in [2.05, 4.69) is 4.74 Å². The van der Waals surface area contributed by atoms with Gasteiger partial charge in [0.1, 0.15) is 0 Å². The molecule has 12 heavy (non-hydrogen) atoms. The Morgan fingerprint density at radius 3 is 2.83 bits per heavy atom. The van der Waals surface area contributed by atoms with Gasteiger partial charge in [-0.2, -0.15) is 0 Å². The Morgan fingerprint density at radius 2 is 2.42 bits per heavy atom. The SMILES string of the molecule is COC(=O)C[C@@H]1CC(=O)N(C)C1. The summed E-state index contributed by atoms with van der Waals surface area (Å²) in [6, 6.07) is 0. The van der Waals surface area contributed by atoms with Gasteiger partial charge in [0.15, 0.2) is 0 Å². The monoisotopic (exact) mass is 171 g/mol. The number of hydrogen-bond donors (Lipinski definition) is 0. The highest BCUT2D eigenvalue weighted by atomic mass is 16.5. The van der Waals surface area contributed by atoms with E-state index >= 15 is 0 Å². The van der Waals surface area contributed by atoms with Crippen LogP contribution in [0.1, 0.15) is 12.8 Å². The van der Waals surface area contributed by atoms with Gasteiger partial charge in [0.2, 0.25) is 5.91 Å². The van der Waals surface area contributed by atoms with Crippen molar-refractivity contribution in [1.29, 1.82) is 0 Å². The highest BCUT2D eigenvalue weighted by molar-refractivity contribution is 5.79. The van der Waals surface area contributed by atoms with Crippen LogP contribution in [0.25, 0.3) is 0 Å². The van der Waals surface area contributed by atoms with Crippen molar-refractivity contribution in [2.75, 3.05) is 20.7 Å². The van der Waals surface area contributed by atoms with Crippen LogP contribution in [0, 0.1) is 5.92 Å². The highest BCUT2D eigenvalue weighted by Crippen LogP contribution is 2.19. The average molecular weight is 171 g/mol. The van der Waals surface area contributed by atoms with Crippen molar-refractivity contribution in [3.8, 4) is 0 Å². The number of rotatable bonds is 2. The molecule has 0 radical (unpaired) electrons. The fourth-order valence-electron chi connectivity index (χ4n) is 1.41. The second-order valence-corrected chi connectivity index (χ2v) is 3.12. The van der Waals surface area contributed by atoms with Crippen molar-refractivity contribution in [3.05, 3.63) is 0 Å². The van der Waals surface area contributed by atoms with Gasteiger partial charge in [-0.15, -0.1) is 0 Å². The van der Waals surface area contributed by atoms with Crippen LogP contribution in [0.3, 0.4) is 0 Å². The molecule has 0 spiro atoms. The van der Waals surface area contributed by atoms with E-state index in [0.717, 1.165) is 0 Å². The van der Waals surface area contributed by atoms with Gasteiger partial charge in [0.05, 0.1) is 13.5 Å². The molecule has 1 saturated heterocycles. The minimum absolute atomic E-state index is 0.115. The smallest absolute Gasteiger partial charge is 0.305 e. The lowest BCUT2D eigenvalue weighted by atomic mass is 10.1. The lowest BCUT2D eigenvalue weighted by Gasteiger charge is -2.08. The molecule has 1 fully saturated rings. The third-order valence-electron chi connectivity index (χ3n) is 2.10. The molecule has 0 bridgehead atoms. The third-order valence-corrected chi connectivity index (χ3v) is 2.10. The van der Waals surface area contributed by atoms with Gasteiger partial charge < -0.3 is 9.64 Å². The molecule has 1 atom stereocenters. The van der Waals surface area contributed by atoms with Crippen molar-refractivity contribution < 1.29 is 14.3 Å². The topological polar surface area (TPSA) is 46.6 Å². The first kappa shape index (κ1) is 9.03. The van der Waals surface area contributed by atoms with Crippen LogP contribution in [-0.4, -0.2) is 37.5 Å². The number of ether oxygens (including phenoxy) is 1. The number of esters is 1. The van der Waals surface area contributed by atoms with Gasteiger partial charge in [-0.3, -0.25) is 9.59 Å². The first-order chi connectivity index (χ1) is 5.63. The maximum atomic E-state index is 11.0. The number of amides is 1. The second kappa shape index (κ2) is 3.56. The summed E-state index contributed by atoms with van der Waals surface area (Å²) in [4.78, 5) is 23.5. The highest BCUT2D eigenvalue weighted by Gasteiger charge is 2.28. The zero-order valence-corrected chi connectivity index (χ0v) is 7.37. The Labute approximate surface area is 71.5 Å². The number of carbonyl (C=O) groups excluding carboxylic acids is 2. The molecule has 0 saturated carbocycles. The Hall–Kier alpha value is -1.06. The van der Waals surface area contributed by atoms with E-state index in [1.807, 2.05) is 0 Å². The Balaban J connectivity index is 2.37. The predicted octanol–water partition coefficient (Wildman–Crippen LogP) is 0.0278. The fourth-order valence-corrected chi connectivity index (χ4v) is 1.41. The van der Waals surface area contributed by atoms with Crippen LogP contribution in [0.15, 0.2) is 0 Å². The van der Waals surface area contributed by atoms with Crippen molar-refractivity contribution in [1.82, 2.24) is 4.90 Å². The quantitative estimate of drug-likeness (QED) is 0.550. The van der Waals surface area contributed by atoms with Crippen LogP contribution in [-0.2, 0) is 14.3 Å². The largest absolute Gasteiger partial charge is 0.469 e. The van der Waals surface area contributed by atoms with E-state index in [1.165, 1.54) is 7.11 Å². The first-order valence-corrected chi connectivity index (χ1v) is 3.94. The standard InChI is InChI=1S/C8H13NO3/c1-9-5-6(3-7(9)10)4-8(11)12-2/h6H,3-5H2,1-2H3/t6-/m0/s1. The van der Waals surface area contributed by atoms with Crippen molar-refractivity contribution in [2.24, 2.45) is 5.92 Å². The van der Waals surface area contributed by atoms with Crippen LogP contribution < -0.4 is 0 Å². The van der Waals surface area contributed by atoms with Crippen LogP contribution in [0.2, 0.25) is 0 Å². The van der Waals surface area contributed by atoms with Crippen molar-refractivity contribution >= 4 is 11.9 Å². The van der Waals surface area contributed by atoms with Gasteiger partial charge in [0.25, 0.3) is 0 Å². The minimum atomic E-state index is -0.233. The van der Waals surface area contributed by atoms with Gasteiger partial charge >= 0.3 is 5.97 Å². The van der Waals surface area contributed by atoms with E-state index in [9.17, 15) is 9.59 Å². The van der Waals surface area contributed by atoms with E-state index in [4.69, 9.17) is 0 Å². The Morgan fingerprint density at radius 1 is 1.75 bits per heavy atom. The maximum Gasteiger partial charge on any atom is 0.305 e. The molecular weight excluding hydrogens is 158 g/mol. The van der Waals surface area contributed by atoms with Gasteiger partial charge in [-0.25, -0.2) is 0 Å². The molecule has 4 nitrogen and oxygen atoms in total. The third kappa shape index (κ3) is 1.96. The molecule has 0 unspecified atom stereocenters. The fraction of sp³-hybridized carbons (Fsp3) is 0.750. The van der Waals surface area contributed by atoms with Crippen molar-refractivity contribution in [3.63, 3.8) is 0 Å². The second-order valence-electron chi connectivity index (χ2n) is 3.12. The molecule has 1 amide bonds. The molecule has 1 heterocycles. The molecule has 0 aliphatic carbocycles. The molecule has 1 aliphatic heterocycles. The Kier molecular flexibility index (Phi) is 2.68. The molecule has 0 aromatic heterocycles. The lowest BCUT2D eigenvalue weighted by molar-refractivity contribution is -0.141. The molecular formula is C8H13NO3. The molecule has 4 heteroatoms. The normalized spacial score (nSPS) is 23.0. The molecule has 1 aliphatic rings. The van der Waals surface area contributed by atoms with E-state index in [1.54, 1.807) is 11.9 Å². The van der Waals surface area contributed by atoms with E-state index in [0.29, 0.717) is 19.4 Å². The van der Waals surface area contributed by atoms with E-state index in [-0.39, 0.29) is 17.8 Å². The number of nitrogens with zero attached hydrogens (tertiary/aromatic N) is 1. The first-order valence-electron chi connectivity index (χ1n) is 3.94. The number of carbonyl (C=O) groups is 2. The summed E-state index contributed by atoms with van der Waals surface area (Å²) in [5.74, 6) is 0.0296. The summed E-state index contributed by atoms with van der Waals surface area (Å²) in [7, 11) is 3.11. The van der Waals surface area contributed by atoms with E-state index < -0.39 is 0 Å². The van der Waals surface area contributed by atoms with Crippen LogP contribution >= 0.6 is 0 Å². The number of methoxy groups -OCH3 is 1. The molecule has 0 N–H and O–H groups in total. The zero-order valence-electron chi connectivity index (χ0n) is 7.37. The molecule has 0 aromatic carbocycles. The van der Waals surface area contributed by atoms with Crippen molar-refractivity contribution in [2.45, 2.75) is 12.8 Å². The van der Waals surface area contributed by atoms with Crippen LogP contribution in [0.4, 0.5) is 0 Å². The van der Waals surface area contributed by atoms with Gasteiger partial charge in [-0.1, -0.05) is 0 Å². The van der Waals surface area contributed by atoms with Crippen LogP contribution in [0.5, 0.6) is 0 Å². The zero-order chi connectivity index (χ0) is 9.14. The van der Waals surface area contributed by atoms with Gasteiger partial charge in [0, 0.05) is 20.0 Å². The summed E-state index contributed by atoms with van der Waals surface area (Å²) in [6.45, 7) is 0.675. The summed E-state index contributed by atoms with van der Waals surface area (Å²) < 4.78 is 4.51.